The molecule has 1 unspecified atom stereocenters. The quantitative estimate of drug-likeness (QED) is 0.635. The maximum Gasteiger partial charge on any atom is 0.415 e. The monoisotopic (exact) mass is 464 g/mol. The molecule has 1 atom stereocenters. The van der Waals surface area contributed by atoms with Gasteiger partial charge < -0.3 is 10.0 Å². The predicted molar refractivity (Wildman–Crippen MR) is 110 cm³/mol. The van der Waals surface area contributed by atoms with Crippen LogP contribution in [0.1, 0.15) is 38.2 Å². The zero-order chi connectivity index (χ0) is 21.8. The summed E-state index contributed by atoms with van der Waals surface area (Å²) in [7, 11) is 0. The average Bonchev–Trinajstić information content (AvgIpc) is 2.95. The van der Waals surface area contributed by atoms with Crippen molar-refractivity contribution < 1.29 is 18.3 Å². The van der Waals surface area contributed by atoms with Crippen molar-refractivity contribution in [3.05, 3.63) is 23.1 Å². The average molecular weight is 465 g/mol. The molecule has 2 aromatic rings. The standard InChI is InChI=1S/C18H24ClF3N6OS/c1-10(2)12-3-14(19)28-15(12)16(24-9-25-28)26-7-17(8-26)4-11(5-17)27(30-23)6-13(29)18(20,21)22/h3,9-11,13,29H,4-8,23H2,1-2H3. The van der Waals surface area contributed by atoms with Crippen molar-refractivity contribution in [2.45, 2.75) is 50.9 Å². The highest BCUT2D eigenvalue weighted by Crippen LogP contribution is 2.52. The van der Waals surface area contributed by atoms with Crippen LogP contribution in [-0.4, -0.2) is 62.0 Å². The van der Waals surface area contributed by atoms with Crippen molar-refractivity contribution >= 4 is 35.1 Å². The van der Waals surface area contributed by atoms with Crippen LogP contribution in [0.5, 0.6) is 0 Å². The highest BCUT2D eigenvalue weighted by Gasteiger charge is 2.55. The Bertz CT molecular complexity index is 925. The molecule has 0 aromatic carbocycles. The molecule has 3 N–H and O–H groups in total. The number of aliphatic hydroxyl groups is 1. The normalized spacial score (nSPS) is 20.3. The molecule has 2 aliphatic rings. The van der Waals surface area contributed by atoms with Gasteiger partial charge in [-0.1, -0.05) is 25.4 Å². The van der Waals surface area contributed by atoms with Crippen molar-refractivity contribution in [1.29, 1.82) is 0 Å². The van der Waals surface area contributed by atoms with Crippen molar-refractivity contribution in [2.75, 3.05) is 24.5 Å². The van der Waals surface area contributed by atoms with E-state index >= 15 is 0 Å². The van der Waals surface area contributed by atoms with Gasteiger partial charge in [-0.25, -0.2) is 13.8 Å². The van der Waals surface area contributed by atoms with E-state index < -0.39 is 18.8 Å². The van der Waals surface area contributed by atoms with Gasteiger partial charge in [0.15, 0.2) is 11.9 Å². The Morgan fingerprint density at radius 3 is 2.63 bits per heavy atom. The van der Waals surface area contributed by atoms with Crippen LogP contribution in [0.25, 0.3) is 5.52 Å². The van der Waals surface area contributed by atoms with E-state index in [2.05, 4.69) is 28.8 Å². The fourth-order valence-corrected chi connectivity index (χ4v) is 5.35. The fourth-order valence-electron chi connectivity index (χ4n) is 4.56. The number of halogens is 4. The van der Waals surface area contributed by atoms with Crippen molar-refractivity contribution in [2.24, 2.45) is 10.6 Å². The number of hydrogen-bond donors (Lipinski definition) is 2. The topological polar surface area (TPSA) is 82.9 Å². The Hall–Kier alpha value is -1.27. The summed E-state index contributed by atoms with van der Waals surface area (Å²) < 4.78 is 41.1. The second-order valence-electron chi connectivity index (χ2n) is 8.60. The first-order valence-corrected chi connectivity index (χ1v) is 10.9. The van der Waals surface area contributed by atoms with Gasteiger partial charge in [0, 0.05) is 43.2 Å². The molecule has 1 aliphatic carbocycles. The molecule has 4 rings (SSSR count). The van der Waals surface area contributed by atoms with Crippen LogP contribution < -0.4 is 10.0 Å². The summed E-state index contributed by atoms with van der Waals surface area (Å²) in [5.41, 5.74) is 2.02. The van der Waals surface area contributed by atoms with E-state index in [4.69, 9.17) is 16.7 Å². The third-order valence-corrected chi connectivity index (χ3v) is 7.09. The van der Waals surface area contributed by atoms with Crippen LogP contribution in [0.4, 0.5) is 19.0 Å². The first-order chi connectivity index (χ1) is 14.0. The lowest BCUT2D eigenvalue weighted by Gasteiger charge is -2.61. The molecule has 12 heteroatoms. The summed E-state index contributed by atoms with van der Waals surface area (Å²) in [5.74, 6) is 1.09. The molecule has 0 amide bonds. The van der Waals surface area contributed by atoms with Gasteiger partial charge in [-0.05, 0) is 30.4 Å². The molecule has 1 saturated carbocycles. The van der Waals surface area contributed by atoms with Gasteiger partial charge in [-0.15, -0.1) is 0 Å². The minimum absolute atomic E-state index is 0.0398. The number of nitrogens with zero attached hydrogens (tertiary/aromatic N) is 5. The summed E-state index contributed by atoms with van der Waals surface area (Å²) in [5, 5.41) is 19.7. The van der Waals surface area contributed by atoms with Crippen molar-refractivity contribution in [3.63, 3.8) is 0 Å². The van der Waals surface area contributed by atoms with Gasteiger partial charge in [-0.3, -0.25) is 5.14 Å². The molecular formula is C18H24ClF3N6OS. The maximum absolute atomic E-state index is 12.7. The maximum atomic E-state index is 12.7. The van der Waals surface area contributed by atoms with E-state index in [1.54, 1.807) is 4.52 Å². The lowest BCUT2D eigenvalue weighted by Crippen LogP contribution is -2.66. The van der Waals surface area contributed by atoms with Crippen LogP contribution in [0.15, 0.2) is 12.4 Å². The van der Waals surface area contributed by atoms with E-state index in [9.17, 15) is 18.3 Å². The van der Waals surface area contributed by atoms with E-state index in [0.717, 1.165) is 55.0 Å². The summed E-state index contributed by atoms with van der Waals surface area (Å²) in [6, 6.07) is 1.83. The molecule has 30 heavy (non-hydrogen) atoms. The van der Waals surface area contributed by atoms with E-state index in [0.29, 0.717) is 5.15 Å². The summed E-state index contributed by atoms with van der Waals surface area (Å²) in [4.78, 5) is 6.66. The largest absolute Gasteiger partial charge is 0.415 e. The molecule has 7 nitrogen and oxygen atoms in total. The molecule has 0 bridgehead atoms. The number of aliphatic hydroxyl groups excluding tert-OH is 1. The lowest BCUT2D eigenvalue weighted by molar-refractivity contribution is -0.207. The molecule has 0 radical (unpaired) electrons. The molecule has 166 valence electrons. The van der Waals surface area contributed by atoms with Gasteiger partial charge in [0.25, 0.3) is 0 Å². The Kier molecular flexibility index (Phi) is 5.63. The number of anilines is 1. The second-order valence-corrected chi connectivity index (χ2v) is 9.67. The van der Waals surface area contributed by atoms with Gasteiger partial charge in [0.2, 0.25) is 0 Å². The summed E-state index contributed by atoms with van der Waals surface area (Å²) in [6.45, 7) is 5.18. The van der Waals surface area contributed by atoms with Gasteiger partial charge in [0.05, 0.1) is 0 Å². The smallest absolute Gasteiger partial charge is 0.382 e. The highest BCUT2D eigenvalue weighted by atomic mass is 35.5. The van der Waals surface area contributed by atoms with E-state index in [-0.39, 0.29) is 17.4 Å². The van der Waals surface area contributed by atoms with Crippen LogP contribution in [0.2, 0.25) is 5.15 Å². The minimum atomic E-state index is -4.65. The van der Waals surface area contributed by atoms with E-state index in [1.165, 1.54) is 10.6 Å². The number of rotatable bonds is 6. The van der Waals surface area contributed by atoms with Gasteiger partial charge in [0.1, 0.15) is 17.0 Å². The zero-order valence-corrected chi connectivity index (χ0v) is 18.2. The Balaban J connectivity index is 1.43. The third-order valence-electron chi connectivity index (χ3n) is 6.11. The zero-order valence-electron chi connectivity index (χ0n) is 16.6. The molecule has 1 spiro atoms. The van der Waals surface area contributed by atoms with Gasteiger partial charge >= 0.3 is 6.18 Å². The fraction of sp³-hybridized carbons (Fsp3) is 0.667. The Labute approximate surface area is 181 Å². The number of fused-ring (bicyclic) bond motifs is 1. The summed E-state index contributed by atoms with van der Waals surface area (Å²) >= 11 is 7.09. The van der Waals surface area contributed by atoms with Crippen LogP contribution in [-0.2, 0) is 0 Å². The Morgan fingerprint density at radius 2 is 2.07 bits per heavy atom. The molecular weight excluding hydrogens is 441 g/mol. The molecule has 2 fully saturated rings. The van der Waals surface area contributed by atoms with Crippen molar-refractivity contribution in [3.8, 4) is 0 Å². The van der Waals surface area contributed by atoms with Crippen LogP contribution in [0, 0.1) is 5.41 Å². The third kappa shape index (κ3) is 3.75. The van der Waals surface area contributed by atoms with Crippen LogP contribution in [0.3, 0.4) is 0 Å². The second kappa shape index (κ2) is 7.70. The first kappa shape index (κ1) is 21.9. The molecule has 3 heterocycles. The minimum Gasteiger partial charge on any atom is -0.382 e. The van der Waals surface area contributed by atoms with Crippen LogP contribution >= 0.6 is 23.7 Å². The molecule has 2 aromatic heterocycles. The SMILES string of the molecule is CC(C)c1cc(Cl)n2ncnc(N3CC4(CC(N(CC(O)C(F)(F)F)SN)C4)C3)c12. The molecule has 1 aliphatic heterocycles. The number of hydrogen-bond acceptors (Lipinski definition) is 7. The lowest BCUT2D eigenvalue weighted by atomic mass is 9.60. The first-order valence-electron chi connectivity index (χ1n) is 9.70. The number of alkyl halides is 3. The number of nitrogens with two attached hydrogens (primary N) is 1. The van der Waals surface area contributed by atoms with E-state index in [1.807, 2.05) is 6.07 Å². The number of aromatic nitrogens is 3. The molecule has 1 saturated heterocycles. The van der Waals surface area contributed by atoms with Gasteiger partial charge in [-0.2, -0.15) is 18.3 Å². The predicted octanol–water partition coefficient (Wildman–Crippen LogP) is 3.22. The summed E-state index contributed by atoms with van der Waals surface area (Å²) in [6.07, 6.45) is -4.09. The van der Waals surface area contributed by atoms with Crippen molar-refractivity contribution in [1.82, 2.24) is 18.9 Å². The highest BCUT2D eigenvalue weighted by molar-refractivity contribution is 7.94. The Morgan fingerprint density at radius 1 is 1.40 bits per heavy atom.